The number of hydrogen-bond donors (Lipinski definition) is 0. The molecule has 2 aromatic carbocycles. The molecule has 0 aromatic heterocycles. The van der Waals surface area contributed by atoms with Gasteiger partial charge in [0.25, 0.3) is 0 Å². The monoisotopic (exact) mass is 280 g/mol. The summed E-state index contributed by atoms with van der Waals surface area (Å²) in [4.78, 5) is 0. The van der Waals surface area contributed by atoms with E-state index in [1.807, 2.05) is 0 Å². The van der Waals surface area contributed by atoms with Gasteiger partial charge >= 0.3 is 29.6 Å². The Morgan fingerprint density at radius 2 is 0.900 bits per heavy atom. The van der Waals surface area contributed by atoms with Crippen molar-refractivity contribution in [1.29, 1.82) is 0 Å². The number of para-hydroxylation sites is 2. The van der Waals surface area contributed by atoms with E-state index in [0.29, 0.717) is 4.70 Å². The van der Waals surface area contributed by atoms with E-state index in [1.165, 1.54) is 11.4 Å². The van der Waals surface area contributed by atoms with E-state index >= 15 is 0 Å². The van der Waals surface area contributed by atoms with Crippen molar-refractivity contribution in [1.82, 2.24) is 14.7 Å². The third-order valence-electron chi connectivity index (χ3n) is 3.39. The van der Waals surface area contributed by atoms with E-state index in [0.717, 1.165) is 0 Å². The van der Waals surface area contributed by atoms with E-state index in [-0.39, 0.29) is 29.6 Å². The number of quaternary nitrogens is 1. The zero-order valence-electron chi connectivity index (χ0n) is 12.1. The Morgan fingerprint density at radius 1 is 0.600 bits per heavy atom. The molecule has 0 N–H and O–H groups in total. The molecule has 0 aliphatic heterocycles. The van der Waals surface area contributed by atoms with E-state index in [4.69, 9.17) is 0 Å². The van der Waals surface area contributed by atoms with Crippen LogP contribution in [0.15, 0.2) is 60.7 Å². The van der Waals surface area contributed by atoms with Gasteiger partial charge in [-0.1, -0.05) is 36.4 Å². The molecule has 0 amide bonds. The molecule has 0 heterocycles. The number of hydrogen-bond acceptors (Lipinski definition) is 2. The molecule has 0 aliphatic rings. The standard InChI is InChI=1S/C16H22N3.Na.H/c1-17(2)19(18(3)4,15-11-7-5-8-12-15)16-13-9-6-10-14-16;;/h5-14H,1-4H3;;/q+1;;. The van der Waals surface area contributed by atoms with Gasteiger partial charge in [-0.05, 0) is 0 Å². The van der Waals surface area contributed by atoms with Crippen molar-refractivity contribution >= 4 is 40.9 Å². The fourth-order valence-corrected chi connectivity index (χ4v) is 2.70. The zero-order chi connectivity index (χ0) is 13.9. The van der Waals surface area contributed by atoms with Crippen LogP contribution < -0.4 is 4.70 Å². The van der Waals surface area contributed by atoms with E-state index in [1.54, 1.807) is 0 Å². The third kappa shape index (κ3) is 2.98. The summed E-state index contributed by atoms with van der Waals surface area (Å²) in [5.74, 6) is 0. The van der Waals surface area contributed by atoms with Crippen molar-refractivity contribution in [2.75, 3.05) is 28.2 Å². The maximum atomic E-state index is 2.20. The van der Waals surface area contributed by atoms with Crippen molar-refractivity contribution in [3.63, 3.8) is 0 Å². The van der Waals surface area contributed by atoms with Crippen LogP contribution in [0.5, 0.6) is 0 Å². The third-order valence-corrected chi connectivity index (χ3v) is 3.39. The van der Waals surface area contributed by atoms with Gasteiger partial charge in [-0.2, -0.15) is 0 Å². The molecular formula is C16H23N3Na+. The van der Waals surface area contributed by atoms with Crippen molar-refractivity contribution in [2.24, 2.45) is 0 Å². The average Bonchev–Trinajstić information content (AvgIpc) is 2.41. The van der Waals surface area contributed by atoms with Gasteiger partial charge in [-0.3, -0.25) is 0 Å². The van der Waals surface area contributed by atoms with Crippen molar-refractivity contribution in [2.45, 2.75) is 0 Å². The van der Waals surface area contributed by atoms with Gasteiger partial charge in [-0.25, -0.2) is 0 Å². The van der Waals surface area contributed by atoms with Crippen molar-refractivity contribution in [3.05, 3.63) is 60.7 Å². The van der Waals surface area contributed by atoms with Crippen LogP contribution in [0.2, 0.25) is 0 Å². The fourth-order valence-electron chi connectivity index (χ4n) is 2.70. The summed E-state index contributed by atoms with van der Waals surface area (Å²) in [6.07, 6.45) is 0. The molecule has 0 bridgehead atoms. The van der Waals surface area contributed by atoms with E-state index in [2.05, 4.69) is 98.9 Å². The Balaban J connectivity index is 0.00000200. The molecule has 0 fully saturated rings. The summed E-state index contributed by atoms with van der Waals surface area (Å²) in [5, 5.41) is 4.40. The molecule has 0 atom stereocenters. The average molecular weight is 280 g/mol. The molecule has 0 saturated carbocycles. The van der Waals surface area contributed by atoms with Gasteiger partial charge in [-0.15, -0.1) is 14.7 Å². The summed E-state index contributed by atoms with van der Waals surface area (Å²) >= 11 is 0. The van der Waals surface area contributed by atoms with Gasteiger partial charge in [0, 0.05) is 52.5 Å². The second kappa shape index (κ2) is 7.36. The quantitative estimate of drug-likeness (QED) is 0.482. The molecule has 0 radical (unpaired) electrons. The summed E-state index contributed by atoms with van der Waals surface area (Å²) in [7, 11) is 8.39. The maximum absolute atomic E-state index is 2.20. The molecular weight excluding hydrogens is 257 g/mol. The first-order chi connectivity index (χ1) is 9.10. The van der Waals surface area contributed by atoms with E-state index in [9.17, 15) is 0 Å². The summed E-state index contributed by atoms with van der Waals surface area (Å²) in [5.41, 5.74) is 2.42. The van der Waals surface area contributed by atoms with Gasteiger partial charge < -0.3 is 0 Å². The number of benzene rings is 2. The van der Waals surface area contributed by atoms with Gasteiger partial charge in [0.2, 0.25) is 0 Å². The Hall–Kier alpha value is -0.680. The van der Waals surface area contributed by atoms with Crippen molar-refractivity contribution < 1.29 is 0 Å². The second-order valence-corrected chi connectivity index (χ2v) is 4.97. The minimum atomic E-state index is 0. The van der Waals surface area contributed by atoms with Crippen LogP contribution in [0.4, 0.5) is 11.4 Å². The Morgan fingerprint density at radius 3 is 1.15 bits per heavy atom. The first kappa shape index (κ1) is 17.4. The minimum absolute atomic E-state index is 0. The first-order valence-corrected chi connectivity index (χ1v) is 6.46. The molecule has 102 valence electrons. The van der Waals surface area contributed by atoms with Gasteiger partial charge in [0.05, 0.1) is 0 Å². The van der Waals surface area contributed by atoms with Crippen LogP contribution >= 0.6 is 0 Å². The number of nitrogens with zero attached hydrogens (tertiary/aromatic N) is 3. The Labute approximate surface area is 144 Å². The molecule has 20 heavy (non-hydrogen) atoms. The summed E-state index contributed by atoms with van der Waals surface area (Å²) in [6.45, 7) is 0. The van der Waals surface area contributed by atoms with Crippen LogP contribution in [0, 0.1) is 0 Å². The SMILES string of the molecule is CN(C)[N+](c1ccccc1)(c1ccccc1)N(C)C.[NaH]. The molecule has 0 aliphatic carbocycles. The van der Waals surface area contributed by atoms with Gasteiger partial charge in [0.1, 0.15) is 0 Å². The normalized spacial score (nSPS) is 11.5. The first-order valence-electron chi connectivity index (χ1n) is 6.46. The molecule has 3 nitrogen and oxygen atoms in total. The number of rotatable bonds is 4. The molecule has 0 spiro atoms. The molecule has 4 heteroatoms. The predicted octanol–water partition coefficient (Wildman–Crippen LogP) is 2.63. The van der Waals surface area contributed by atoms with Crippen LogP contribution in [-0.4, -0.2) is 67.8 Å². The Kier molecular flexibility index (Phi) is 6.40. The molecule has 2 rings (SSSR count). The predicted molar refractivity (Wildman–Crippen MR) is 88.9 cm³/mol. The second-order valence-electron chi connectivity index (χ2n) is 4.97. The van der Waals surface area contributed by atoms with E-state index < -0.39 is 0 Å². The zero-order valence-corrected chi connectivity index (χ0v) is 12.1. The van der Waals surface area contributed by atoms with Crippen LogP contribution in [-0.2, 0) is 0 Å². The topological polar surface area (TPSA) is 6.48 Å². The van der Waals surface area contributed by atoms with Crippen LogP contribution in [0.1, 0.15) is 0 Å². The van der Waals surface area contributed by atoms with Crippen LogP contribution in [0.3, 0.4) is 0 Å². The Bertz CT molecular complexity index is 462. The molecule has 0 unspecified atom stereocenters. The molecule has 0 saturated heterocycles. The summed E-state index contributed by atoms with van der Waals surface area (Å²) < 4.78 is 0.557. The fraction of sp³-hybridized carbons (Fsp3) is 0.250. The summed E-state index contributed by atoms with van der Waals surface area (Å²) in [6, 6.07) is 21.1. The van der Waals surface area contributed by atoms with Crippen LogP contribution in [0.25, 0.3) is 0 Å². The van der Waals surface area contributed by atoms with Crippen molar-refractivity contribution in [3.8, 4) is 0 Å². The molecule has 2 aromatic rings. The van der Waals surface area contributed by atoms with Gasteiger partial charge in [0.15, 0.2) is 11.4 Å².